The molecule has 55 heavy (non-hydrogen) atoms. The molecule has 0 aliphatic carbocycles. The summed E-state index contributed by atoms with van der Waals surface area (Å²) in [6.45, 7) is 17.5. The van der Waals surface area contributed by atoms with E-state index in [2.05, 4.69) is 151 Å². The Morgan fingerprint density at radius 2 is 1.29 bits per heavy atom. The smallest absolute Gasteiger partial charge is 0.148 e. The summed E-state index contributed by atoms with van der Waals surface area (Å²) >= 11 is 0. The van der Waals surface area contributed by atoms with Gasteiger partial charge in [0.25, 0.3) is 0 Å². The maximum atomic E-state index is 11.5. The molecule has 0 unspecified atom stereocenters. The van der Waals surface area contributed by atoms with Crippen molar-refractivity contribution in [2.24, 2.45) is 0 Å². The number of pyridine rings is 2. The molecule has 5 aromatic carbocycles. The Kier molecular flexibility index (Phi) is 9.90. The zero-order chi connectivity index (χ0) is 37.9. The molecule has 3 heterocycles. The summed E-state index contributed by atoms with van der Waals surface area (Å²) in [4.78, 5) is 15.1. The third-order valence-electron chi connectivity index (χ3n) is 10.4. The van der Waals surface area contributed by atoms with Crippen LogP contribution in [-0.4, -0.2) is 24.6 Å². The van der Waals surface area contributed by atoms with Crippen molar-refractivity contribution in [3.63, 3.8) is 0 Å². The zero-order valence-electron chi connectivity index (χ0n) is 32.6. The van der Waals surface area contributed by atoms with Crippen molar-refractivity contribution in [2.75, 3.05) is 0 Å². The second-order valence-corrected chi connectivity index (χ2v) is 16.5. The van der Waals surface area contributed by atoms with E-state index >= 15 is 0 Å². The van der Waals surface area contributed by atoms with Gasteiger partial charge in [-0.1, -0.05) is 136 Å². The largest absolute Gasteiger partial charge is 0.507 e. The summed E-state index contributed by atoms with van der Waals surface area (Å²) in [5.41, 5.74) is 14.5. The van der Waals surface area contributed by atoms with E-state index in [1.165, 1.54) is 11.1 Å². The fraction of sp³-hybridized carbons (Fsp3) is 0.204. The molecule has 0 amide bonds. The molecular formula is C49H45N4OPt-. The second-order valence-electron chi connectivity index (χ2n) is 16.5. The Balaban J connectivity index is 0.00000465. The van der Waals surface area contributed by atoms with E-state index in [0.29, 0.717) is 11.4 Å². The molecule has 6 heteroatoms. The average Bonchev–Trinajstić information content (AvgIpc) is 3.53. The molecule has 0 spiro atoms. The maximum absolute atomic E-state index is 11.5. The predicted octanol–water partition coefficient (Wildman–Crippen LogP) is 12.4. The van der Waals surface area contributed by atoms with Crippen LogP contribution in [0.5, 0.6) is 5.75 Å². The molecule has 8 rings (SSSR count). The number of phenolic OH excluding ortho intramolecular Hbond substituents is 1. The van der Waals surface area contributed by atoms with Crippen molar-refractivity contribution >= 4 is 21.9 Å². The molecule has 8 aromatic rings. The molecule has 278 valence electrons. The van der Waals surface area contributed by atoms with Crippen LogP contribution in [0, 0.1) is 19.9 Å². The summed E-state index contributed by atoms with van der Waals surface area (Å²) in [5, 5.41) is 12.7. The monoisotopic (exact) mass is 900 g/mol. The first kappa shape index (κ1) is 37.9. The van der Waals surface area contributed by atoms with Crippen LogP contribution >= 0.6 is 0 Å². The third-order valence-corrected chi connectivity index (χ3v) is 10.4. The van der Waals surface area contributed by atoms with Crippen molar-refractivity contribution < 1.29 is 26.2 Å². The van der Waals surface area contributed by atoms with Gasteiger partial charge in [0.05, 0.1) is 16.6 Å². The number of benzene rings is 5. The van der Waals surface area contributed by atoms with E-state index in [9.17, 15) is 5.11 Å². The molecule has 0 atom stereocenters. The van der Waals surface area contributed by atoms with Crippen LogP contribution < -0.4 is 0 Å². The van der Waals surface area contributed by atoms with Crippen LogP contribution in [0.25, 0.3) is 72.4 Å². The van der Waals surface area contributed by atoms with Gasteiger partial charge in [0.2, 0.25) is 0 Å². The minimum atomic E-state index is -0.131. The van der Waals surface area contributed by atoms with Crippen LogP contribution in [-0.2, 0) is 31.9 Å². The summed E-state index contributed by atoms with van der Waals surface area (Å²) in [7, 11) is 0. The van der Waals surface area contributed by atoms with E-state index in [1.54, 1.807) is 6.07 Å². The second kappa shape index (κ2) is 14.4. The van der Waals surface area contributed by atoms with Crippen molar-refractivity contribution in [3.05, 3.63) is 150 Å². The molecule has 3 aromatic heterocycles. The van der Waals surface area contributed by atoms with Gasteiger partial charge in [0.1, 0.15) is 11.6 Å². The summed E-state index contributed by atoms with van der Waals surface area (Å²) < 4.78 is 2.19. The van der Waals surface area contributed by atoms with Gasteiger partial charge >= 0.3 is 0 Å². The first-order chi connectivity index (χ1) is 25.8. The standard InChI is InChI=1S/C49H45N4O.Pt/c1-30-22-39-31(2)20-21-51-45(39)40(23-30)34-24-35(29-50-28-34)41-25-33(32-12-10-9-11-13-32)26-43-46(41)52-47(42-27-37(49(6,7)8)16-19-44(42)54)53(43)38-17-14-36(15-18-38)48(3,4)5;/h9-23,25-29,54H,1-8H3;/q-1;. The van der Waals surface area contributed by atoms with Gasteiger partial charge in [0, 0.05) is 38.5 Å². The van der Waals surface area contributed by atoms with Crippen LogP contribution in [0.3, 0.4) is 0 Å². The van der Waals surface area contributed by atoms with Gasteiger partial charge < -0.3 is 10.1 Å². The topological polar surface area (TPSA) is 63.8 Å². The van der Waals surface area contributed by atoms with E-state index in [-0.39, 0.29) is 37.6 Å². The van der Waals surface area contributed by atoms with Gasteiger partial charge in [-0.2, -0.15) is 0 Å². The van der Waals surface area contributed by atoms with Crippen molar-refractivity contribution in [1.29, 1.82) is 0 Å². The maximum Gasteiger partial charge on any atom is 0.148 e. The molecule has 0 radical (unpaired) electrons. The Morgan fingerprint density at radius 1 is 0.636 bits per heavy atom. The molecule has 0 saturated heterocycles. The number of aromatic nitrogens is 4. The third kappa shape index (κ3) is 7.14. The Morgan fingerprint density at radius 3 is 1.96 bits per heavy atom. The van der Waals surface area contributed by atoms with Crippen LogP contribution in [0.15, 0.2) is 122 Å². The first-order valence-electron chi connectivity index (χ1n) is 18.6. The summed E-state index contributed by atoms with van der Waals surface area (Å²) in [6, 6.07) is 39.6. The number of aromatic hydroxyl groups is 1. The zero-order valence-corrected chi connectivity index (χ0v) is 34.9. The molecule has 0 aliphatic rings. The molecule has 0 saturated carbocycles. The van der Waals surface area contributed by atoms with Crippen LogP contribution in [0.4, 0.5) is 0 Å². The van der Waals surface area contributed by atoms with E-state index < -0.39 is 0 Å². The first-order valence-corrected chi connectivity index (χ1v) is 18.6. The molecule has 0 aliphatic heterocycles. The number of hydrogen-bond donors (Lipinski definition) is 1. The van der Waals surface area contributed by atoms with Crippen molar-refractivity contribution in [3.8, 4) is 56.2 Å². The number of nitrogens with zero attached hydrogens (tertiary/aromatic N) is 4. The predicted molar refractivity (Wildman–Crippen MR) is 223 cm³/mol. The molecular weight excluding hydrogens is 856 g/mol. The van der Waals surface area contributed by atoms with Gasteiger partial charge in [-0.05, 0) is 107 Å². The number of phenols is 1. The van der Waals surface area contributed by atoms with Crippen molar-refractivity contribution in [2.45, 2.75) is 66.2 Å². The van der Waals surface area contributed by atoms with Crippen LogP contribution in [0.2, 0.25) is 0 Å². The number of fused-ring (bicyclic) bond motifs is 2. The quantitative estimate of drug-likeness (QED) is 0.175. The SMILES string of the molecule is Cc1cc(-c2[c-]c(-c3cc(-c4ccccc4)cc4c3nc(-c3cc(C(C)(C)C)ccc3O)n4-c3ccc(C(C)(C)C)cc3)cnc2)c2nccc(C)c2c1.[Pt]. The molecule has 0 fully saturated rings. The molecule has 0 bridgehead atoms. The fourth-order valence-electron chi connectivity index (χ4n) is 7.32. The normalized spacial score (nSPS) is 11.9. The van der Waals surface area contributed by atoms with Gasteiger partial charge in [0.15, 0.2) is 0 Å². The number of hydrogen-bond acceptors (Lipinski definition) is 4. The van der Waals surface area contributed by atoms with E-state index in [4.69, 9.17) is 15.0 Å². The van der Waals surface area contributed by atoms with Gasteiger partial charge in [-0.15, -0.1) is 6.07 Å². The number of aryl methyl sites for hydroxylation is 2. The Hall–Kier alpha value is -5.38. The van der Waals surface area contributed by atoms with Gasteiger partial charge in [-0.25, -0.2) is 4.98 Å². The molecule has 1 N–H and O–H groups in total. The van der Waals surface area contributed by atoms with Crippen molar-refractivity contribution in [1.82, 2.24) is 19.5 Å². The minimum Gasteiger partial charge on any atom is -0.507 e. The van der Waals surface area contributed by atoms with Gasteiger partial charge in [-0.3, -0.25) is 9.55 Å². The van der Waals surface area contributed by atoms with Crippen LogP contribution in [0.1, 0.15) is 63.8 Å². The van der Waals surface area contributed by atoms with E-state index in [0.717, 1.165) is 72.1 Å². The summed E-state index contributed by atoms with van der Waals surface area (Å²) in [6.07, 6.45) is 5.61. The number of imidazole rings is 1. The molecule has 5 nitrogen and oxygen atoms in total. The minimum absolute atomic E-state index is 0. The Bertz CT molecular complexity index is 2700. The average molecular weight is 901 g/mol. The Labute approximate surface area is 338 Å². The fourth-order valence-corrected chi connectivity index (χ4v) is 7.32. The number of rotatable bonds is 5. The summed E-state index contributed by atoms with van der Waals surface area (Å²) in [5.74, 6) is 0.845. The van der Waals surface area contributed by atoms with E-state index in [1.807, 2.05) is 30.7 Å².